The smallest absolute Gasteiger partial charge is 0.318 e. The molecule has 35 heavy (non-hydrogen) atoms. The number of aliphatic imine (C=N–C) groups is 1. The minimum absolute atomic E-state index is 0.0993. The van der Waals surface area contributed by atoms with Crippen molar-refractivity contribution < 1.29 is 14.7 Å². The Kier molecular flexibility index (Phi) is 6.29. The molecule has 0 saturated heterocycles. The number of benzene rings is 1. The third kappa shape index (κ3) is 4.35. The lowest BCUT2D eigenvalue weighted by Gasteiger charge is -2.49. The molecule has 0 aromatic heterocycles. The number of rotatable bonds is 5. The van der Waals surface area contributed by atoms with E-state index in [0.717, 1.165) is 36.0 Å². The number of nitrogens with zero attached hydrogens (tertiary/aromatic N) is 2. The molecule has 3 N–H and O–H groups in total. The molecule has 1 aromatic carbocycles. The fraction of sp³-hybridized carbons (Fsp3) is 0.593. The summed E-state index contributed by atoms with van der Waals surface area (Å²) in [4.78, 5) is 33.4. The summed E-state index contributed by atoms with van der Waals surface area (Å²) in [5.74, 6) is 0.724. The van der Waals surface area contributed by atoms with Gasteiger partial charge in [0, 0.05) is 10.6 Å². The molecule has 7 nitrogen and oxygen atoms in total. The molecule has 0 spiro atoms. The monoisotopic (exact) mass is 496 g/mol. The van der Waals surface area contributed by atoms with E-state index in [1.807, 2.05) is 44.2 Å². The highest BCUT2D eigenvalue weighted by Crippen LogP contribution is 2.55. The summed E-state index contributed by atoms with van der Waals surface area (Å²) in [6, 6.07) is 8.72. The van der Waals surface area contributed by atoms with Gasteiger partial charge in [-0.3, -0.25) is 9.79 Å². The van der Waals surface area contributed by atoms with Gasteiger partial charge in [0.15, 0.2) is 0 Å². The topological polar surface area (TPSA) is 94.0 Å². The summed E-state index contributed by atoms with van der Waals surface area (Å²) < 4.78 is 0. The quantitative estimate of drug-likeness (QED) is 0.528. The first-order valence-electron chi connectivity index (χ1n) is 12.6. The lowest BCUT2D eigenvalue weighted by molar-refractivity contribution is -0.125. The van der Waals surface area contributed by atoms with Gasteiger partial charge in [0.05, 0.1) is 38.3 Å². The van der Waals surface area contributed by atoms with Gasteiger partial charge in [0.2, 0.25) is 5.91 Å². The third-order valence-corrected chi connectivity index (χ3v) is 12.0. The molecule has 1 saturated carbocycles. The Bertz CT molecular complexity index is 1080. The van der Waals surface area contributed by atoms with E-state index >= 15 is 0 Å². The first-order chi connectivity index (χ1) is 16.2. The van der Waals surface area contributed by atoms with Crippen LogP contribution in [0.4, 0.5) is 4.79 Å². The summed E-state index contributed by atoms with van der Waals surface area (Å²) in [6.07, 6.45) is 3.00. The fourth-order valence-corrected chi connectivity index (χ4v) is 8.37. The molecule has 2 heterocycles. The van der Waals surface area contributed by atoms with E-state index in [1.165, 1.54) is 0 Å². The van der Waals surface area contributed by atoms with Crippen LogP contribution >= 0.6 is 0 Å². The van der Waals surface area contributed by atoms with Gasteiger partial charge in [0.1, 0.15) is 5.84 Å². The molecule has 2 aliphatic heterocycles. The van der Waals surface area contributed by atoms with Crippen molar-refractivity contribution in [2.24, 2.45) is 4.99 Å². The van der Waals surface area contributed by atoms with Gasteiger partial charge in [-0.05, 0) is 51.7 Å². The molecule has 0 radical (unpaired) electrons. The lowest BCUT2D eigenvalue weighted by atomic mass is 9.83. The Labute approximate surface area is 210 Å². The molecule has 8 heteroatoms. The summed E-state index contributed by atoms with van der Waals surface area (Å²) in [6.45, 7) is 15.1. The van der Waals surface area contributed by atoms with E-state index < -0.39 is 25.3 Å². The number of carbonyl (C=O) groups is 2. The van der Waals surface area contributed by atoms with Gasteiger partial charge < -0.3 is 20.6 Å². The number of aliphatic hydroxyl groups is 1. The average Bonchev–Trinajstić information content (AvgIpc) is 3.22. The zero-order valence-electron chi connectivity index (χ0n) is 22.2. The van der Waals surface area contributed by atoms with E-state index in [1.54, 1.807) is 18.7 Å². The molecule has 4 rings (SSSR count). The first-order valence-corrected chi connectivity index (χ1v) is 16.1. The molecule has 3 aliphatic rings. The van der Waals surface area contributed by atoms with Crippen molar-refractivity contribution in [1.29, 1.82) is 0 Å². The fourth-order valence-electron chi connectivity index (χ4n) is 5.77. The van der Waals surface area contributed by atoms with Gasteiger partial charge in [0.25, 0.3) is 0 Å². The van der Waals surface area contributed by atoms with Gasteiger partial charge in [-0.15, -0.1) is 0 Å². The Morgan fingerprint density at radius 1 is 1.14 bits per heavy atom. The third-order valence-electron chi connectivity index (χ3n) is 8.44. The number of amides is 3. The van der Waals surface area contributed by atoms with Crippen LogP contribution in [0.2, 0.25) is 24.7 Å². The Hall–Kier alpha value is -2.45. The van der Waals surface area contributed by atoms with E-state index in [-0.39, 0.29) is 17.0 Å². The van der Waals surface area contributed by atoms with Gasteiger partial charge in [-0.2, -0.15) is 0 Å². The van der Waals surface area contributed by atoms with Crippen LogP contribution in [0.15, 0.2) is 46.5 Å². The van der Waals surface area contributed by atoms with Gasteiger partial charge in [-0.1, -0.05) is 56.4 Å². The average molecular weight is 497 g/mol. The molecule has 0 unspecified atom stereocenters. The molecule has 1 aromatic rings. The second kappa shape index (κ2) is 8.59. The van der Waals surface area contributed by atoms with Crippen LogP contribution in [0.3, 0.4) is 0 Å². The largest absolute Gasteiger partial charge is 0.388 e. The van der Waals surface area contributed by atoms with Crippen molar-refractivity contribution in [3.05, 3.63) is 47.0 Å². The van der Waals surface area contributed by atoms with Crippen LogP contribution in [-0.2, 0) is 4.79 Å². The Morgan fingerprint density at radius 3 is 2.29 bits per heavy atom. The summed E-state index contributed by atoms with van der Waals surface area (Å²) in [5, 5.41) is 16.8. The van der Waals surface area contributed by atoms with Crippen LogP contribution in [0, 0.1) is 0 Å². The number of nitrogens with one attached hydrogen (secondary N) is 2. The molecular formula is C27H40N4O3Si. The van der Waals surface area contributed by atoms with Gasteiger partial charge in [-0.25, -0.2) is 4.79 Å². The van der Waals surface area contributed by atoms with Crippen molar-refractivity contribution in [2.75, 3.05) is 13.1 Å². The predicted octanol–water partition coefficient (Wildman–Crippen LogP) is 4.39. The number of amidine groups is 1. The van der Waals surface area contributed by atoms with Crippen LogP contribution in [0.5, 0.6) is 0 Å². The predicted molar refractivity (Wildman–Crippen MR) is 142 cm³/mol. The normalized spacial score (nSPS) is 21.7. The van der Waals surface area contributed by atoms with Crippen LogP contribution in [0.25, 0.3) is 0 Å². The zero-order chi connectivity index (χ0) is 25.8. The molecule has 0 bridgehead atoms. The van der Waals surface area contributed by atoms with E-state index in [4.69, 9.17) is 0 Å². The first kappa shape index (κ1) is 25.6. The van der Waals surface area contributed by atoms with E-state index in [2.05, 4.69) is 35.3 Å². The summed E-state index contributed by atoms with van der Waals surface area (Å²) >= 11 is 0. The van der Waals surface area contributed by atoms with Crippen LogP contribution < -0.4 is 10.6 Å². The lowest BCUT2D eigenvalue weighted by Crippen LogP contribution is -2.55. The SMILES string of the molecule is CC(C)(O)[C@@H](NC(=O)N1CC2=C(CN=C2NC(=O)C2([Si](C)(C)C)CCC2)C1(C)C)c1ccccc1. The Balaban J connectivity index is 1.51. The number of hydrogen-bond acceptors (Lipinski definition) is 4. The highest BCUT2D eigenvalue weighted by Gasteiger charge is 2.54. The number of carbonyl (C=O) groups excluding carboxylic acids is 2. The standard InChI is InChI=1S/C27H40N4O3Si/c1-25(2)20-16-28-22(30-23(32)27(14-11-15-27)35(5,6)7)19(20)17-31(25)24(33)29-21(26(3,4)34)18-12-9-8-10-13-18/h8-10,12-13,21,34H,11,14-17H2,1-7H3,(H,29,33)(H,28,30,32)/t21-/m0/s1. The second-order valence-corrected chi connectivity index (χ2v) is 17.8. The maximum Gasteiger partial charge on any atom is 0.318 e. The van der Waals surface area contributed by atoms with Gasteiger partial charge >= 0.3 is 6.03 Å². The van der Waals surface area contributed by atoms with Crippen molar-refractivity contribution in [3.8, 4) is 0 Å². The van der Waals surface area contributed by atoms with Crippen molar-refractivity contribution >= 4 is 25.8 Å². The maximum atomic E-state index is 13.6. The molecule has 1 atom stereocenters. The van der Waals surface area contributed by atoms with Crippen molar-refractivity contribution in [2.45, 2.75) is 88.8 Å². The van der Waals surface area contributed by atoms with E-state index in [9.17, 15) is 14.7 Å². The molecule has 190 valence electrons. The zero-order valence-corrected chi connectivity index (χ0v) is 23.2. The highest BCUT2D eigenvalue weighted by atomic mass is 28.3. The summed E-state index contributed by atoms with van der Waals surface area (Å²) in [7, 11) is -1.70. The second-order valence-electron chi connectivity index (χ2n) is 12.4. The van der Waals surface area contributed by atoms with Crippen molar-refractivity contribution in [1.82, 2.24) is 15.5 Å². The molecule has 3 amide bonds. The van der Waals surface area contributed by atoms with Crippen molar-refractivity contribution in [3.63, 3.8) is 0 Å². The van der Waals surface area contributed by atoms with Crippen LogP contribution in [0.1, 0.15) is 58.6 Å². The van der Waals surface area contributed by atoms with E-state index in [0.29, 0.717) is 18.9 Å². The minimum atomic E-state index is -1.70. The number of hydrogen-bond donors (Lipinski definition) is 3. The summed E-state index contributed by atoms with van der Waals surface area (Å²) in [5.41, 5.74) is 1.16. The molecule has 1 aliphatic carbocycles. The highest BCUT2D eigenvalue weighted by molar-refractivity contribution is 6.82. The Morgan fingerprint density at radius 2 is 1.77 bits per heavy atom. The number of urea groups is 1. The molecule has 1 fully saturated rings. The maximum absolute atomic E-state index is 13.6. The molecular weight excluding hydrogens is 456 g/mol. The minimum Gasteiger partial charge on any atom is -0.388 e. The van der Waals surface area contributed by atoms with Crippen LogP contribution in [-0.4, -0.2) is 60.1 Å².